The number of methoxy groups -OCH3 is 1. The van der Waals surface area contributed by atoms with Crippen molar-refractivity contribution in [2.75, 3.05) is 7.11 Å². The number of hydrogen-bond acceptors (Lipinski definition) is 2. The molecule has 0 aliphatic heterocycles. The number of pyridine rings is 1. The molecule has 0 bridgehead atoms. The summed E-state index contributed by atoms with van der Waals surface area (Å²) in [7, 11) is 1.71. The first-order chi connectivity index (χ1) is 10.9. The Kier molecular flexibility index (Phi) is 3.85. The van der Waals surface area contributed by atoms with Crippen molar-refractivity contribution < 1.29 is 4.74 Å². The van der Waals surface area contributed by atoms with E-state index in [2.05, 4.69) is 65.0 Å². The minimum absolute atomic E-state index is 0.828. The Hall–Kier alpha value is -2.35. The van der Waals surface area contributed by atoms with E-state index in [9.17, 15) is 0 Å². The molecule has 2 heteroatoms. The van der Waals surface area contributed by atoms with Crippen LogP contribution in [0.4, 0.5) is 0 Å². The van der Waals surface area contributed by atoms with Gasteiger partial charge < -0.3 is 4.74 Å². The van der Waals surface area contributed by atoms with Gasteiger partial charge in [-0.1, -0.05) is 17.2 Å². The van der Waals surface area contributed by atoms with E-state index >= 15 is 0 Å². The summed E-state index contributed by atoms with van der Waals surface area (Å²) in [6, 6.07) is 10.8. The van der Waals surface area contributed by atoms with Crippen molar-refractivity contribution in [3.05, 3.63) is 58.1 Å². The lowest BCUT2D eigenvalue weighted by Gasteiger charge is -2.14. The Balaban J connectivity index is 2.34. The number of nitrogens with zero attached hydrogens (tertiary/aromatic N) is 1. The van der Waals surface area contributed by atoms with Crippen LogP contribution < -0.4 is 4.74 Å². The van der Waals surface area contributed by atoms with Crippen LogP contribution in [-0.4, -0.2) is 12.1 Å². The van der Waals surface area contributed by atoms with Crippen LogP contribution in [0, 0.1) is 34.6 Å². The maximum absolute atomic E-state index is 5.65. The number of benzene rings is 2. The van der Waals surface area contributed by atoms with Gasteiger partial charge in [0.05, 0.1) is 12.6 Å². The molecule has 2 aromatic carbocycles. The van der Waals surface area contributed by atoms with Crippen molar-refractivity contribution in [1.29, 1.82) is 0 Å². The molecule has 1 aromatic heterocycles. The fourth-order valence-corrected chi connectivity index (χ4v) is 3.20. The summed E-state index contributed by atoms with van der Waals surface area (Å²) in [5, 5.41) is 1.16. The van der Waals surface area contributed by atoms with Crippen LogP contribution in [0.5, 0.6) is 5.75 Å². The second-order valence-electron chi connectivity index (χ2n) is 6.43. The topological polar surface area (TPSA) is 22.1 Å². The highest BCUT2D eigenvalue weighted by Gasteiger charge is 2.13. The Labute approximate surface area is 138 Å². The zero-order valence-electron chi connectivity index (χ0n) is 14.7. The molecule has 0 saturated heterocycles. The Morgan fingerprint density at radius 3 is 2.04 bits per heavy atom. The predicted octanol–water partition coefficient (Wildman–Crippen LogP) is 5.45. The third-order valence-corrected chi connectivity index (χ3v) is 4.64. The summed E-state index contributed by atoms with van der Waals surface area (Å²) in [5.41, 5.74) is 9.39. The SMILES string of the molecule is COc1cc2c(C)c(C)c(C)cc2nc1-c1cc(C)cc(C)c1. The highest BCUT2D eigenvalue weighted by Crippen LogP contribution is 2.34. The van der Waals surface area contributed by atoms with Crippen molar-refractivity contribution in [2.45, 2.75) is 34.6 Å². The molecule has 3 aromatic rings. The summed E-state index contributed by atoms with van der Waals surface area (Å²) < 4.78 is 5.65. The highest BCUT2D eigenvalue weighted by atomic mass is 16.5. The fraction of sp³-hybridized carbons (Fsp3) is 0.286. The molecule has 118 valence electrons. The van der Waals surface area contributed by atoms with Gasteiger partial charge in [-0.15, -0.1) is 0 Å². The van der Waals surface area contributed by atoms with Crippen molar-refractivity contribution in [3.8, 4) is 17.0 Å². The largest absolute Gasteiger partial charge is 0.494 e. The lowest BCUT2D eigenvalue weighted by molar-refractivity contribution is 0.415. The summed E-state index contributed by atoms with van der Waals surface area (Å²) in [6.45, 7) is 10.7. The average molecular weight is 305 g/mol. The molecule has 0 N–H and O–H groups in total. The van der Waals surface area contributed by atoms with E-state index in [1.54, 1.807) is 7.11 Å². The van der Waals surface area contributed by atoms with Gasteiger partial charge in [-0.25, -0.2) is 4.98 Å². The molecule has 0 radical (unpaired) electrons. The van der Waals surface area contributed by atoms with Crippen LogP contribution in [0.3, 0.4) is 0 Å². The smallest absolute Gasteiger partial charge is 0.145 e. The molecule has 0 amide bonds. The molecule has 0 aliphatic rings. The number of aryl methyl sites for hydroxylation is 4. The Morgan fingerprint density at radius 2 is 1.43 bits per heavy atom. The second-order valence-corrected chi connectivity index (χ2v) is 6.43. The Bertz CT molecular complexity index is 889. The molecule has 0 spiro atoms. The van der Waals surface area contributed by atoms with E-state index in [0.717, 1.165) is 27.9 Å². The normalized spacial score (nSPS) is 11.0. The molecular formula is C21H23NO. The molecule has 0 unspecified atom stereocenters. The molecule has 3 rings (SSSR count). The molecule has 0 saturated carbocycles. The number of ether oxygens (including phenoxy) is 1. The van der Waals surface area contributed by atoms with Crippen LogP contribution in [0.25, 0.3) is 22.2 Å². The maximum atomic E-state index is 5.65. The van der Waals surface area contributed by atoms with E-state index in [-0.39, 0.29) is 0 Å². The van der Waals surface area contributed by atoms with Crippen molar-refractivity contribution in [2.24, 2.45) is 0 Å². The minimum atomic E-state index is 0.828. The van der Waals surface area contributed by atoms with Crippen LogP contribution >= 0.6 is 0 Å². The van der Waals surface area contributed by atoms with Gasteiger partial charge in [0.15, 0.2) is 0 Å². The quantitative estimate of drug-likeness (QED) is 0.628. The van der Waals surface area contributed by atoms with E-state index < -0.39 is 0 Å². The lowest BCUT2D eigenvalue weighted by atomic mass is 9.97. The molecule has 2 nitrogen and oxygen atoms in total. The average Bonchev–Trinajstić information content (AvgIpc) is 2.51. The van der Waals surface area contributed by atoms with E-state index in [1.165, 1.54) is 27.8 Å². The summed E-state index contributed by atoms with van der Waals surface area (Å²) in [5.74, 6) is 0.828. The van der Waals surface area contributed by atoms with Gasteiger partial charge in [0, 0.05) is 10.9 Å². The predicted molar refractivity (Wildman–Crippen MR) is 97.4 cm³/mol. The second kappa shape index (κ2) is 5.69. The summed E-state index contributed by atoms with van der Waals surface area (Å²) in [4.78, 5) is 4.94. The van der Waals surface area contributed by atoms with Gasteiger partial charge >= 0.3 is 0 Å². The number of fused-ring (bicyclic) bond motifs is 1. The van der Waals surface area contributed by atoms with Gasteiger partial charge in [-0.05, 0) is 75.6 Å². The summed E-state index contributed by atoms with van der Waals surface area (Å²) in [6.07, 6.45) is 0. The van der Waals surface area contributed by atoms with Gasteiger partial charge in [0.25, 0.3) is 0 Å². The molecule has 0 aliphatic carbocycles. The van der Waals surface area contributed by atoms with Gasteiger partial charge in [-0.2, -0.15) is 0 Å². The zero-order valence-corrected chi connectivity index (χ0v) is 14.7. The minimum Gasteiger partial charge on any atom is -0.494 e. The standard InChI is InChI=1S/C21H23NO/c1-12-7-13(2)9-17(8-12)21-20(23-6)11-18-16(5)15(4)14(3)10-19(18)22-21/h7-11H,1-6H3. The van der Waals surface area contributed by atoms with Crippen molar-refractivity contribution >= 4 is 10.9 Å². The van der Waals surface area contributed by atoms with Crippen molar-refractivity contribution in [3.63, 3.8) is 0 Å². The van der Waals surface area contributed by atoms with Crippen molar-refractivity contribution in [1.82, 2.24) is 4.98 Å². The van der Waals surface area contributed by atoms with Crippen LogP contribution in [0.15, 0.2) is 30.3 Å². The third kappa shape index (κ3) is 2.70. The molecular weight excluding hydrogens is 282 g/mol. The molecule has 0 fully saturated rings. The number of rotatable bonds is 2. The van der Waals surface area contributed by atoms with Crippen LogP contribution in [-0.2, 0) is 0 Å². The van der Waals surface area contributed by atoms with Crippen LogP contribution in [0.2, 0.25) is 0 Å². The molecule has 1 heterocycles. The molecule has 0 atom stereocenters. The third-order valence-electron chi connectivity index (χ3n) is 4.64. The van der Waals surface area contributed by atoms with Gasteiger partial charge in [0.2, 0.25) is 0 Å². The highest BCUT2D eigenvalue weighted by molar-refractivity contribution is 5.89. The van der Waals surface area contributed by atoms with Gasteiger partial charge in [0.1, 0.15) is 11.4 Å². The number of aromatic nitrogens is 1. The first-order valence-electron chi connectivity index (χ1n) is 7.95. The van der Waals surface area contributed by atoms with Gasteiger partial charge in [-0.3, -0.25) is 0 Å². The first-order valence-corrected chi connectivity index (χ1v) is 7.95. The first kappa shape index (κ1) is 15.5. The molecule has 23 heavy (non-hydrogen) atoms. The monoisotopic (exact) mass is 305 g/mol. The zero-order chi connectivity index (χ0) is 16.7. The van der Waals surface area contributed by atoms with Crippen LogP contribution in [0.1, 0.15) is 27.8 Å². The summed E-state index contributed by atoms with van der Waals surface area (Å²) >= 11 is 0. The van der Waals surface area contributed by atoms with E-state index in [0.29, 0.717) is 0 Å². The number of hydrogen-bond donors (Lipinski definition) is 0. The van der Waals surface area contributed by atoms with E-state index in [4.69, 9.17) is 9.72 Å². The lowest BCUT2D eigenvalue weighted by Crippen LogP contribution is -1.97. The fourth-order valence-electron chi connectivity index (χ4n) is 3.20. The van der Waals surface area contributed by atoms with E-state index in [1.807, 2.05) is 0 Å². The maximum Gasteiger partial charge on any atom is 0.145 e. The Morgan fingerprint density at radius 1 is 0.783 bits per heavy atom.